The zero-order valence-corrected chi connectivity index (χ0v) is 14.5. The number of ether oxygens (including phenoxy) is 1. The van der Waals surface area contributed by atoms with Gasteiger partial charge in [-0.3, -0.25) is 4.68 Å². The number of halogens is 3. The molecular weight excluding hydrogens is 341 g/mol. The third-order valence-corrected chi connectivity index (χ3v) is 3.98. The highest BCUT2D eigenvalue weighted by atomic mass is 19.4. The topological polar surface area (TPSA) is 27.1 Å². The first-order valence-corrected chi connectivity index (χ1v) is 8.28. The van der Waals surface area contributed by atoms with E-state index >= 15 is 0 Å². The molecule has 0 N–H and O–H groups in total. The van der Waals surface area contributed by atoms with Crippen LogP contribution in [-0.4, -0.2) is 9.78 Å². The Morgan fingerprint density at radius 3 is 2.42 bits per heavy atom. The van der Waals surface area contributed by atoms with Crippen LogP contribution in [0.15, 0.2) is 60.8 Å². The van der Waals surface area contributed by atoms with Gasteiger partial charge >= 0.3 is 6.18 Å². The molecule has 0 unspecified atom stereocenters. The van der Waals surface area contributed by atoms with Gasteiger partial charge in [0.15, 0.2) is 0 Å². The van der Waals surface area contributed by atoms with Gasteiger partial charge in [-0.15, -0.1) is 0 Å². The molecule has 2 aromatic carbocycles. The van der Waals surface area contributed by atoms with E-state index < -0.39 is 11.7 Å². The molecule has 0 saturated heterocycles. The number of nitrogens with zero attached hydrogens (tertiary/aromatic N) is 2. The minimum Gasteiger partial charge on any atom is -0.488 e. The smallest absolute Gasteiger partial charge is 0.416 e. The third kappa shape index (κ3) is 3.90. The van der Waals surface area contributed by atoms with Crippen LogP contribution >= 0.6 is 0 Å². The summed E-state index contributed by atoms with van der Waals surface area (Å²) in [7, 11) is 0. The predicted molar refractivity (Wildman–Crippen MR) is 93.8 cm³/mol. The van der Waals surface area contributed by atoms with Crippen molar-refractivity contribution in [1.82, 2.24) is 9.78 Å². The fourth-order valence-corrected chi connectivity index (χ4v) is 2.71. The van der Waals surface area contributed by atoms with Gasteiger partial charge < -0.3 is 4.74 Å². The summed E-state index contributed by atoms with van der Waals surface area (Å²) in [6.07, 6.45) is -2.84. The number of rotatable bonds is 5. The summed E-state index contributed by atoms with van der Waals surface area (Å²) >= 11 is 0. The molecule has 6 heteroatoms. The SMILES string of the molecule is CC(C)n1nccc1-c1cc(C(F)(F)F)ccc1OCc1ccccc1. The summed E-state index contributed by atoms with van der Waals surface area (Å²) in [5.41, 5.74) is 1.20. The number of aromatic nitrogens is 2. The lowest BCUT2D eigenvalue weighted by atomic mass is 10.1. The van der Waals surface area contributed by atoms with E-state index in [4.69, 9.17) is 4.74 Å². The lowest BCUT2D eigenvalue weighted by Gasteiger charge is -2.17. The molecule has 3 rings (SSSR count). The number of hydrogen-bond donors (Lipinski definition) is 0. The second kappa shape index (κ2) is 7.23. The average Bonchev–Trinajstić information content (AvgIpc) is 3.10. The van der Waals surface area contributed by atoms with Gasteiger partial charge in [-0.2, -0.15) is 18.3 Å². The number of benzene rings is 2. The van der Waals surface area contributed by atoms with Crippen molar-refractivity contribution in [2.75, 3.05) is 0 Å². The maximum absolute atomic E-state index is 13.2. The van der Waals surface area contributed by atoms with Crippen LogP contribution in [0, 0.1) is 0 Å². The molecule has 0 bridgehead atoms. The average molecular weight is 360 g/mol. The van der Waals surface area contributed by atoms with Gasteiger partial charge in [-0.05, 0) is 43.7 Å². The van der Waals surface area contributed by atoms with Crippen LogP contribution in [0.2, 0.25) is 0 Å². The van der Waals surface area contributed by atoms with Crippen LogP contribution in [0.3, 0.4) is 0 Å². The van der Waals surface area contributed by atoms with E-state index in [1.165, 1.54) is 6.07 Å². The molecule has 3 aromatic rings. The molecule has 0 aliphatic heterocycles. The molecule has 1 aromatic heterocycles. The van der Waals surface area contributed by atoms with Crippen LogP contribution in [0.25, 0.3) is 11.3 Å². The summed E-state index contributed by atoms with van der Waals surface area (Å²) in [4.78, 5) is 0. The fourth-order valence-electron chi connectivity index (χ4n) is 2.71. The Kier molecular flexibility index (Phi) is 5.02. The van der Waals surface area contributed by atoms with E-state index in [1.54, 1.807) is 16.9 Å². The maximum atomic E-state index is 13.2. The van der Waals surface area contributed by atoms with Gasteiger partial charge in [0.25, 0.3) is 0 Å². The third-order valence-electron chi connectivity index (χ3n) is 3.98. The lowest BCUT2D eigenvalue weighted by molar-refractivity contribution is -0.137. The van der Waals surface area contributed by atoms with Crippen LogP contribution in [0.1, 0.15) is 31.0 Å². The zero-order chi connectivity index (χ0) is 18.7. The Morgan fingerprint density at radius 2 is 1.77 bits per heavy atom. The number of hydrogen-bond acceptors (Lipinski definition) is 2. The molecule has 26 heavy (non-hydrogen) atoms. The Balaban J connectivity index is 2.02. The highest BCUT2D eigenvalue weighted by Crippen LogP contribution is 2.38. The van der Waals surface area contributed by atoms with Gasteiger partial charge in [-0.1, -0.05) is 30.3 Å². The van der Waals surface area contributed by atoms with Crippen LogP contribution in [0.5, 0.6) is 5.75 Å². The highest BCUT2D eigenvalue weighted by Gasteiger charge is 2.31. The van der Waals surface area contributed by atoms with Crippen molar-refractivity contribution in [2.45, 2.75) is 32.7 Å². The van der Waals surface area contributed by atoms with Crippen LogP contribution in [0.4, 0.5) is 13.2 Å². The van der Waals surface area contributed by atoms with E-state index in [9.17, 15) is 13.2 Å². The molecule has 1 heterocycles. The largest absolute Gasteiger partial charge is 0.488 e. The normalized spacial score (nSPS) is 11.8. The van der Waals surface area contributed by atoms with Gasteiger partial charge in [0.2, 0.25) is 0 Å². The molecule has 0 amide bonds. The van der Waals surface area contributed by atoms with Gasteiger partial charge in [0, 0.05) is 17.8 Å². The standard InChI is InChI=1S/C20H19F3N2O/c1-14(2)25-18(10-11-24-25)17-12-16(20(21,22)23)8-9-19(17)26-13-15-6-4-3-5-7-15/h3-12,14H,13H2,1-2H3. The van der Waals surface area contributed by atoms with Crippen molar-refractivity contribution in [3.63, 3.8) is 0 Å². The Labute approximate surface area is 150 Å². The summed E-state index contributed by atoms with van der Waals surface area (Å²) < 4.78 is 47.1. The molecule has 136 valence electrons. The predicted octanol–water partition coefficient (Wildman–Crippen LogP) is 5.73. The van der Waals surface area contributed by atoms with Crippen molar-refractivity contribution in [3.05, 3.63) is 71.9 Å². The molecule has 0 fully saturated rings. The summed E-state index contributed by atoms with van der Waals surface area (Å²) in [5, 5.41) is 4.22. The molecule has 3 nitrogen and oxygen atoms in total. The van der Waals surface area contributed by atoms with E-state index in [-0.39, 0.29) is 12.6 Å². The monoisotopic (exact) mass is 360 g/mol. The zero-order valence-electron chi connectivity index (χ0n) is 14.5. The van der Waals surface area contributed by atoms with Crippen molar-refractivity contribution < 1.29 is 17.9 Å². The highest BCUT2D eigenvalue weighted by molar-refractivity contribution is 5.68. The van der Waals surface area contributed by atoms with E-state index in [2.05, 4.69) is 5.10 Å². The van der Waals surface area contributed by atoms with Gasteiger partial charge in [-0.25, -0.2) is 0 Å². The van der Waals surface area contributed by atoms with Crippen molar-refractivity contribution >= 4 is 0 Å². The number of alkyl halides is 3. The summed E-state index contributed by atoms with van der Waals surface area (Å²) in [6.45, 7) is 4.12. The van der Waals surface area contributed by atoms with Crippen molar-refractivity contribution in [2.24, 2.45) is 0 Å². The Morgan fingerprint density at radius 1 is 1.04 bits per heavy atom. The molecule has 0 aliphatic carbocycles. The van der Waals surface area contributed by atoms with Gasteiger partial charge in [0.05, 0.1) is 11.3 Å². The minimum absolute atomic E-state index is 0.0107. The first kappa shape index (κ1) is 18.0. The fraction of sp³-hybridized carbons (Fsp3) is 0.250. The molecule has 0 spiro atoms. The second-order valence-corrected chi connectivity index (χ2v) is 6.24. The maximum Gasteiger partial charge on any atom is 0.416 e. The van der Waals surface area contributed by atoms with Crippen LogP contribution in [-0.2, 0) is 12.8 Å². The van der Waals surface area contributed by atoms with Crippen LogP contribution < -0.4 is 4.74 Å². The first-order valence-electron chi connectivity index (χ1n) is 8.28. The lowest BCUT2D eigenvalue weighted by Crippen LogP contribution is -2.09. The summed E-state index contributed by atoms with van der Waals surface area (Å²) in [6, 6.07) is 14.7. The molecule has 0 saturated carbocycles. The Hall–Kier alpha value is -2.76. The quantitative estimate of drug-likeness (QED) is 0.581. The molecular formula is C20H19F3N2O. The first-order chi connectivity index (χ1) is 12.4. The van der Waals surface area contributed by atoms with Crippen molar-refractivity contribution in [1.29, 1.82) is 0 Å². The van der Waals surface area contributed by atoms with E-state index in [1.807, 2.05) is 44.2 Å². The minimum atomic E-state index is -4.42. The van der Waals surface area contributed by atoms with Gasteiger partial charge in [0.1, 0.15) is 12.4 Å². The second-order valence-electron chi connectivity index (χ2n) is 6.24. The van der Waals surface area contributed by atoms with Crippen molar-refractivity contribution in [3.8, 4) is 17.0 Å². The summed E-state index contributed by atoms with van der Waals surface area (Å²) in [5.74, 6) is 0.393. The molecule has 0 radical (unpaired) electrons. The van der Waals surface area contributed by atoms with E-state index in [0.717, 1.165) is 17.7 Å². The molecule has 0 atom stereocenters. The Bertz CT molecular complexity index is 870. The van der Waals surface area contributed by atoms with E-state index in [0.29, 0.717) is 17.0 Å². The molecule has 0 aliphatic rings.